The van der Waals surface area contributed by atoms with Crippen molar-refractivity contribution in [2.45, 2.75) is 45.7 Å². The van der Waals surface area contributed by atoms with Crippen molar-refractivity contribution < 1.29 is 0 Å². The fourth-order valence-corrected chi connectivity index (χ4v) is 3.74. The Balaban J connectivity index is 1.56. The molecule has 0 bridgehead atoms. The first-order chi connectivity index (χ1) is 12.8. The topological polar surface area (TPSA) is 52.6 Å². The molecule has 1 aliphatic heterocycles. The van der Waals surface area contributed by atoms with E-state index in [-0.39, 0.29) is 0 Å². The summed E-state index contributed by atoms with van der Waals surface area (Å²) in [6, 6.07) is 8.50. The number of guanidine groups is 1. The van der Waals surface area contributed by atoms with Crippen LogP contribution in [0.5, 0.6) is 0 Å². The van der Waals surface area contributed by atoms with Gasteiger partial charge in [0.2, 0.25) is 0 Å². The van der Waals surface area contributed by atoms with E-state index in [9.17, 15) is 0 Å². The minimum atomic E-state index is 0.632. The van der Waals surface area contributed by atoms with Gasteiger partial charge in [-0.25, -0.2) is 9.98 Å². The van der Waals surface area contributed by atoms with E-state index in [2.05, 4.69) is 62.1 Å². The molecule has 1 aliphatic rings. The number of hydrogen-bond donors (Lipinski definition) is 2. The van der Waals surface area contributed by atoms with Crippen LogP contribution in [-0.4, -0.2) is 30.6 Å². The molecule has 2 N–H and O–H groups in total. The fourth-order valence-electron chi connectivity index (χ4n) is 3.09. The maximum atomic E-state index is 4.69. The lowest BCUT2D eigenvalue weighted by atomic mass is 10.2. The molecule has 2 aromatic heterocycles. The lowest BCUT2D eigenvalue weighted by molar-refractivity contribution is 0.726. The monoisotopic (exact) mass is 371 g/mol. The van der Waals surface area contributed by atoms with Gasteiger partial charge in [-0.1, -0.05) is 25.0 Å². The van der Waals surface area contributed by atoms with E-state index in [0.717, 1.165) is 43.5 Å². The van der Waals surface area contributed by atoms with Crippen molar-refractivity contribution in [2.24, 2.45) is 4.99 Å². The molecule has 140 valence electrons. The normalized spacial score (nSPS) is 15.6. The van der Waals surface area contributed by atoms with Crippen molar-refractivity contribution in [1.82, 2.24) is 15.6 Å². The molecule has 1 fully saturated rings. The molecular weight excluding hydrogens is 342 g/mol. The van der Waals surface area contributed by atoms with Crippen LogP contribution in [0, 0.1) is 0 Å². The van der Waals surface area contributed by atoms with Gasteiger partial charge < -0.3 is 15.5 Å². The SMILES string of the molecule is CCNC(=NCc1ccc(N2CCCCCC2)nc1)NCc1cccs1. The second kappa shape index (κ2) is 10.2. The number of thiophene rings is 1. The van der Waals surface area contributed by atoms with Gasteiger partial charge in [0, 0.05) is 30.7 Å². The average Bonchev–Trinajstić information content (AvgIpc) is 3.05. The van der Waals surface area contributed by atoms with Gasteiger partial charge in [-0.05, 0) is 42.8 Å². The molecule has 0 aliphatic carbocycles. The van der Waals surface area contributed by atoms with Gasteiger partial charge in [-0.3, -0.25) is 0 Å². The molecule has 0 amide bonds. The van der Waals surface area contributed by atoms with Gasteiger partial charge in [0.15, 0.2) is 5.96 Å². The largest absolute Gasteiger partial charge is 0.357 e. The van der Waals surface area contributed by atoms with Gasteiger partial charge >= 0.3 is 0 Å². The molecule has 0 radical (unpaired) electrons. The molecule has 0 spiro atoms. The van der Waals surface area contributed by atoms with Crippen LogP contribution in [0.25, 0.3) is 0 Å². The van der Waals surface area contributed by atoms with E-state index in [0.29, 0.717) is 6.54 Å². The number of pyridine rings is 1. The van der Waals surface area contributed by atoms with Gasteiger partial charge in [-0.2, -0.15) is 0 Å². The van der Waals surface area contributed by atoms with E-state index in [1.54, 1.807) is 11.3 Å². The number of nitrogens with one attached hydrogen (secondary N) is 2. The van der Waals surface area contributed by atoms with Crippen LogP contribution in [0.3, 0.4) is 0 Å². The Labute approximate surface area is 160 Å². The van der Waals surface area contributed by atoms with Gasteiger partial charge in [0.25, 0.3) is 0 Å². The third-order valence-corrected chi connectivity index (χ3v) is 5.39. The van der Waals surface area contributed by atoms with Crippen molar-refractivity contribution in [2.75, 3.05) is 24.5 Å². The summed E-state index contributed by atoms with van der Waals surface area (Å²) in [4.78, 5) is 13.1. The van der Waals surface area contributed by atoms with E-state index < -0.39 is 0 Å². The summed E-state index contributed by atoms with van der Waals surface area (Å²) >= 11 is 1.75. The summed E-state index contributed by atoms with van der Waals surface area (Å²) < 4.78 is 0. The lowest BCUT2D eigenvalue weighted by Gasteiger charge is -2.21. The quantitative estimate of drug-likeness (QED) is 0.599. The van der Waals surface area contributed by atoms with Crippen molar-refractivity contribution in [1.29, 1.82) is 0 Å². The third kappa shape index (κ3) is 5.73. The minimum absolute atomic E-state index is 0.632. The molecule has 0 unspecified atom stereocenters. The van der Waals surface area contributed by atoms with Crippen LogP contribution >= 0.6 is 11.3 Å². The number of nitrogens with zero attached hydrogens (tertiary/aromatic N) is 3. The van der Waals surface area contributed by atoms with Crippen LogP contribution in [0.4, 0.5) is 5.82 Å². The zero-order valence-corrected chi connectivity index (χ0v) is 16.4. The van der Waals surface area contributed by atoms with E-state index in [4.69, 9.17) is 0 Å². The molecule has 0 aromatic carbocycles. The first-order valence-electron chi connectivity index (χ1n) is 9.59. The fraction of sp³-hybridized carbons (Fsp3) is 0.500. The number of aliphatic imine (C=N–C) groups is 1. The number of aromatic nitrogens is 1. The van der Waals surface area contributed by atoms with Gasteiger partial charge in [0.1, 0.15) is 5.82 Å². The van der Waals surface area contributed by atoms with Crippen LogP contribution in [0.15, 0.2) is 40.8 Å². The predicted molar refractivity (Wildman–Crippen MR) is 111 cm³/mol. The standard InChI is InChI=1S/C20H29N5S/c1-2-21-20(24-16-18-8-7-13-26-18)23-15-17-9-10-19(22-14-17)25-11-5-3-4-6-12-25/h7-10,13-14H,2-6,11-12,15-16H2,1H3,(H2,21,23,24). The summed E-state index contributed by atoms with van der Waals surface area (Å²) in [7, 11) is 0. The molecule has 2 aromatic rings. The van der Waals surface area contributed by atoms with Gasteiger partial charge in [-0.15, -0.1) is 11.3 Å². The average molecular weight is 372 g/mol. The Bertz CT molecular complexity index is 658. The number of rotatable bonds is 6. The second-order valence-corrected chi connectivity index (χ2v) is 7.59. The van der Waals surface area contributed by atoms with E-state index >= 15 is 0 Å². The van der Waals surface area contributed by atoms with Crippen LogP contribution in [0.2, 0.25) is 0 Å². The Morgan fingerprint density at radius 3 is 2.65 bits per heavy atom. The van der Waals surface area contributed by atoms with E-state index in [1.807, 2.05) is 6.20 Å². The van der Waals surface area contributed by atoms with Crippen molar-refractivity contribution >= 4 is 23.1 Å². The smallest absolute Gasteiger partial charge is 0.191 e. The van der Waals surface area contributed by atoms with E-state index in [1.165, 1.54) is 30.6 Å². The summed E-state index contributed by atoms with van der Waals surface area (Å²) in [6.45, 7) is 6.62. The highest BCUT2D eigenvalue weighted by molar-refractivity contribution is 7.09. The summed E-state index contributed by atoms with van der Waals surface area (Å²) in [5.41, 5.74) is 1.14. The first-order valence-corrected chi connectivity index (χ1v) is 10.5. The molecule has 6 heteroatoms. The van der Waals surface area contributed by atoms with Crippen LogP contribution in [0.1, 0.15) is 43.0 Å². The molecule has 26 heavy (non-hydrogen) atoms. The zero-order valence-electron chi connectivity index (χ0n) is 15.6. The van der Waals surface area contributed by atoms with Crippen molar-refractivity contribution in [3.8, 4) is 0 Å². The highest BCUT2D eigenvalue weighted by Crippen LogP contribution is 2.17. The maximum absolute atomic E-state index is 4.69. The lowest BCUT2D eigenvalue weighted by Crippen LogP contribution is -2.36. The Morgan fingerprint density at radius 2 is 2.00 bits per heavy atom. The van der Waals surface area contributed by atoms with Crippen LogP contribution < -0.4 is 15.5 Å². The molecule has 1 saturated heterocycles. The molecule has 0 saturated carbocycles. The predicted octanol–water partition coefficient (Wildman–Crippen LogP) is 3.78. The number of anilines is 1. The summed E-state index contributed by atoms with van der Waals surface area (Å²) in [5.74, 6) is 1.94. The highest BCUT2D eigenvalue weighted by atomic mass is 32.1. The first kappa shape index (κ1) is 18.7. The Kier molecular flexibility index (Phi) is 7.31. The molecule has 3 rings (SSSR count). The second-order valence-electron chi connectivity index (χ2n) is 6.55. The third-order valence-electron chi connectivity index (χ3n) is 4.51. The molecular formula is C20H29N5S. The Hall–Kier alpha value is -2.08. The number of hydrogen-bond acceptors (Lipinski definition) is 4. The van der Waals surface area contributed by atoms with Crippen molar-refractivity contribution in [3.63, 3.8) is 0 Å². The van der Waals surface area contributed by atoms with Crippen molar-refractivity contribution in [3.05, 3.63) is 46.3 Å². The molecule has 5 nitrogen and oxygen atoms in total. The summed E-state index contributed by atoms with van der Waals surface area (Å²) in [5, 5.41) is 8.78. The highest BCUT2D eigenvalue weighted by Gasteiger charge is 2.10. The molecule has 0 atom stereocenters. The van der Waals surface area contributed by atoms with Gasteiger partial charge in [0.05, 0.1) is 13.1 Å². The zero-order chi connectivity index (χ0) is 18.0. The Morgan fingerprint density at radius 1 is 1.15 bits per heavy atom. The molecule has 3 heterocycles. The maximum Gasteiger partial charge on any atom is 0.191 e. The minimum Gasteiger partial charge on any atom is -0.357 e. The summed E-state index contributed by atoms with van der Waals surface area (Å²) in [6.07, 6.45) is 7.20. The van der Waals surface area contributed by atoms with Crippen LogP contribution in [-0.2, 0) is 13.1 Å².